The predicted octanol–water partition coefficient (Wildman–Crippen LogP) is -0.190. The van der Waals surface area contributed by atoms with Crippen LogP contribution in [0.15, 0.2) is 0 Å². The molecule has 1 aliphatic rings. The van der Waals surface area contributed by atoms with Crippen molar-refractivity contribution in [3.8, 4) is 0 Å². The lowest BCUT2D eigenvalue weighted by Gasteiger charge is -2.17. The van der Waals surface area contributed by atoms with E-state index in [0.717, 1.165) is 6.42 Å². The number of carboxylic acids is 1. The molecule has 0 aromatic rings. The molecule has 18 heavy (non-hydrogen) atoms. The molecule has 1 fully saturated rings. The topological polar surface area (TPSA) is 96.9 Å². The average molecular weight is 260 g/mol. The number of amides is 2. The molecule has 0 aromatic heterocycles. The lowest BCUT2D eigenvalue weighted by Crippen LogP contribution is -2.49. The van der Waals surface area contributed by atoms with Gasteiger partial charge >= 0.3 is 12.0 Å². The van der Waals surface area contributed by atoms with Crippen LogP contribution in [-0.2, 0) is 14.3 Å². The van der Waals surface area contributed by atoms with Crippen molar-refractivity contribution in [2.24, 2.45) is 5.92 Å². The molecule has 7 nitrogen and oxygen atoms in total. The van der Waals surface area contributed by atoms with Crippen LogP contribution >= 0.6 is 0 Å². The standard InChI is InChI=1S/C11H20N2O5/c1-7-8(3-4-18-7)5-12-11(16)13-9(6-17-2)10(14)15/h7-9H,3-6H2,1-2H3,(H,14,15)(H2,12,13,16). The van der Waals surface area contributed by atoms with Gasteiger partial charge in [0.15, 0.2) is 6.04 Å². The van der Waals surface area contributed by atoms with Crippen molar-refractivity contribution >= 4 is 12.0 Å². The minimum Gasteiger partial charge on any atom is -0.480 e. The second kappa shape index (κ2) is 7.17. The second-order valence-corrected chi connectivity index (χ2v) is 4.33. The Morgan fingerprint density at radius 2 is 2.28 bits per heavy atom. The first-order valence-corrected chi connectivity index (χ1v) is 5.92. The number of methoxy groups -OCH3 is 1. The number of hydrogen-bond acceptors (Lipinski definition) is 4. The number of rotatable bonds is 6. The Balaban J connectivity index is 2.29. The summed E-state index contributed by atoms with van der Waals surface area (Å²) >= 11 is 0. The molecule has 3 N–H and O–H groups in total. The summed E-state index contributed by atoms with van der Waals surface area (Å²) in [5.41, 5.74) is 0. The zero-order valence-corrected chi connectivity index (χ0v) is 10.6. The van der Waals surface area contributed by atoms with Crippen LogP contribution in [-0.4, -0.2) is 56.1 Å². The van der Waals surface area contributed by atoms with E-state index in [9.17, 15) is 9.59 Å². The van der Waals surface area contributed by atoms with Crippen LogP contribution in [0.25, 0.3) is 0 Å². The van der Waals surface area contributed by atoms with Gasteiger partial charge in [0.1, 0.15) is 0 Å². The van der Waals surface area contributed by atoms with Crippen LogP contribution in [0, 0.1) is 5.92 Å². The van der Waals surface area contributed by atoms with E-state index in [1.807, 2.05) is 6.92 Å². The number of carbonyl (C=O) groups is 2. The highest BCUT2D eigenvalue weighted by molar-refractivity contribution is 5.82. The third-order valence-electron chi connectivity index (χ3n) is 2.99. The molecular weight excluding hydrogens is 240 g/mol. The Morgan fingerprint density at radius 1 is 1.56 bits per heavy atom. The van der Waals surface area contributed by atoms with Crippen molar-refractivity contribution in [1.29, 1.82) is 0 Å². The maximum atomic E-state index is 11.5. The first-order valence-electron chi connectivity index (χ1n) is 5.92. The van der Waals surface area contributed by atoms with E-state index >= 15 is 0 Å². The van der Waals surface area contributed by atoms with E-state index in [4.69, 9.17) is 14.6 Å². The largest absolute Gasteiger partial charge is 0.480 e. The zero-order valence-electron chi connectivity index (χ0n) is 10.6. The van der Waals surface area contributed by atoms with E-state index < -0.39 is 18.0 Å². The Labute approximate surface area is 106 Å². The van der Waals surface area contributed by atoms with E-state index in [0.29, 0.717) is 13.2 Å². The van der Waals surface area contributed by atoms with Gasteiger partial charge in [-0.1, -0.05) is 0 Å². The first kappa shape index (κ1) is 14.7. The molecule has 1 heterocycles. The number of aliphatic carboxylic acids is 1. The Hall–Kier alpha value is -1.34. The van der Waals surface area contributed by atoms with Crippen LogP contribution in [0.5, 0.6) is 0 Å². The molecule has 0 aliphatic carbocycles. The van der Waals surface area contributed by atoms with Crippen LogP contribution in [0.4, 0.5) is 4.79 Å². The molecule has 1 aliphatic heterocycles. The quantitative estimate of drug-likeness (QED) is 0.615. The number of urea groups is 1. The molecule has 3 atom stereocenters. The third-order valence-corrected chi connectivity index (χ3v) is 2.99. The van der Waals surface area contributed by atoms with Gasteiger partial charge in [0.2, 0.25) is 0 Å². The summed E-state index contributed by atoms with van der Waals surface area (Å²) in [6.45, 7) is 3.08. The van der Waals surface area contributed by atoms with Gasteiger partial charge in [-0.2, -0.15) is 0 Å². The second-order valence-electron chi connectivity index (χ2n) is 4.33. The number of carboxylic acid groups (broad SMARTS) is 1. The van der Waals surface area contributed by atoms with Crippen LogP contribution in [0.3, 0.4) is 0 Å². The molecular formula is C11H20N2O5. The van der Waals surface area contributed by atoms with Gasteiger partial charge in [0.25, 0.3) is 0 Å². The molecule has 2 amide bonds. The van der Waals surface area contributed by atoms with Crippen LogP contribution in [0.2, 0.25) is 0 Å². The van der Waals surface area contributed by atoms with Gasteiger partial charge < -0.3 is 25.2 Å². The predicted molar refractivity (Wildman–Crippen MR) is 63.4 cm³/mol. The van der Waals surface area contributed by atoms with E-state index in [-0.39, 0.29) is 18.6 Å². The fraction of sp³-hybridized carbons (Fsp3) is 0.818. The van der Waals surface area contributed by atoms with Crippen molar-refractivity contribution in [3.63, 3.8) is 0 Å². The van der Waals surface area contributed by atoms with Gasteiger partial charge in [-0.25, -0.2) is 9.59 Å². The smallest absolute Gasteiger partial charge is 0.328 e. The average Bonchev–Trinajstić information content (AvgIpc) is 2.71. The highest BCUT2D eigenvalue weighted by Gasteiger charge is 2.25. The summed E-state index contributed by atoms with van der Waals surface area (Å²) in [5.74, 6) is -0.842. The van der Waals surface area contributed by atoms with Gasteiger partial charge in [0, 0.05) is 26.2 Å². The SMILES string of the molecule is COCC(NC(=O)NCC1CCOC1C)C(=O)O. The highest BCUT2D eigenvalue weighted by atomic mass is 16.5. The molecule has 0 bridgehead atoms. The Kier molecular flexibility index (Phi) is 5.87. The molecule has 0 saturated carbocycles. The molecule has 104 valence electrons. The summed E-state index contributed by atoms with van der Waals surface area (Å²) < 4.78 is 10.1. The van der Waals surface area contributed by atoms with Crippen molar-refractivity contribution in [2.75, 3.05) is 26.9 Å². The van der Waals surface area contributed by atoms with E-state index in [1.165, 1.54) is 7.11 Å². The zero-order chi connectivity index (χ0) is 13.5. The summed E-state index contributed by atoms with van der Waals surface area (Å²) in [4.78, 5) is 22.3. The molecule has 0 spiro atoms. The van der Waals surface area contributed by atoms with Gasteiger partial charge in [0.05, 0.1) is 12.7 Å². The van der Waals surface area contributed by atoms with E-state index in [1.54, 1.807) is 0 Å². The monoisotopic (exact) mass is 260 g/mol. The van der Waals surface area contributed by atoms with Crippen LogP contribution < -0.4 is 10.6 Å². The molecule has 0 aromatic carbocycles. The maximum Gasteiger partial charge on any atom is 0.328 e. The molecule has 1 rings (SSSR count). The van der Waals surface area contributed by atoms with Crippen molar-refractivity contribution in [2.45, 2.75) is 25.5 Å². The lowest BCUT2D eigenvalue weighted by molar-refractivity contribution is -0.140. The van der Waals surface area contributed by atoms with Crippen molar-refractivity contribution < 1.29 is 24.2 Å². The van der Waals surface area contributed by atoms with Crippen molar-refractivity contribution in [3.05, 3.63) is 0 Å². The van der Waals surface area contributed by atoms with Crippen molar-refractivity contribution in [1.82, 2.24) is 10.6 Å². The maximum absolute atomic E-state index is 11.5. The van der Waals surface area contributed by atoms with Crippen LogP contribution in [0.1, 0.15) is 13.3 Å². The molecule has 0 radical (unpaired) electrons. The minimum absolute atomic E-state index is 0.0638. The molecule has 1 saturated heterocycles. The first-order chi connectivity index (χ1) is 8.54. The number of ether oxygens (including phenoxy) is 2. The summed E-state index contributed by atoms with van der Waals surface area (Å²) in [7, 11) is 1.38. The third kappa shape index (κ3) is 4.50. The summed E-state index contributed by atoms with van der Waals surface area (Å²) in [6.07, 6.45) is 1.03. The highest BCUT2D eigenvalue weighted by Crippen LogP contribution is 2.19. The fourth-order valence-corrected chi connectivity index (χ4v) is 1.82. The minimum atomic E-state index is -1.12. The number of carbonyl (C=O) groups excluding carboxylic acids is 1. The number of hydrogen-bond donors (Lipinski definition) is 3. The lowest BCUT2D eigenvalue weighted by atomic mass is 10.0. The normalized spacial score (nSPS) is 24.6. The van der Waals surface area contributed by atoms with Gasteiger partial charge in [-0.05, 0) is 13.3 Å². The van der Waals surface area contributed by atoms with E-state index in [2.05, 4.69) is 10.6 Å². The van der Waals surface area contributed by atoms with Gasteiger partial charge in [-0.15, -0.1) is 0 Å². The Morgan fingerprint density at radius 3 is 2.78 bits per heavy atom. The molecule has 7 heteroatoms. The van der Waals surface area contributed by atoms with Gasteiger partial charge in [-0.3, -0.25) is 0 Å². The fourth-order valence-electron chi connectivity index (χ4n) is 1.82. The number of nitrogens with one attached hydrogen (secondary N) is 2. The summed E-state index contributed by atoms with van der Waals surface area (Å²) in [5, 5.41) is 13.8. The summed E-state index contributed by atoms with van der Waals surface area (Å²) in [6, 6.07) is -1.54. The molecule has 3 unspecified atom stereocenters. The Bertz CT molecular complexity index is 297.